The van der Waals surface area contributed by atoms with Crippen molar-refractivity contribution in [3.05, 3.63) is 11.6 Å². The van der Waals surface area contributed by atoms with E-state index >= 15 is 0 Å². The molecule has 2 fully saturated rings. The van der Waals surface area contributed by atoms with Gasteiger partial charge in [0.15, 0.2) is 5.41 Å². The number of esters is 3. The molecule has 0 aromatic carbocycles. The Balaban J connectivity index is 2.38. The lowest BCUT2D eigenvalue weighted by Crippen LogP contribution is -2.41. The fourth-order valence-corrected chi connectivity index (χ4v) is 4.34. The summed E-state index contributed by atoms with van der Waals surface area (Å²) in [5.41, 5.74) is -0.423. The summed E-state index contributed by atoms with van der Waals surface area (Å²) in [5, 5.41) is 0. The maximum atomic E-state index is 12.6. The highest BCUT2D eigenvalue weighted by Gasteiger charge is 2.51. The average molecular weight is 366 g/mol. The second kappa shape index (κ2) is 9.19. The summed E-state index contributed by atoms with van der Waals surface area (Å²) in [5.74, 6) is -1.41. The van der Waals surface area contributed by atoms with Crippen molar-refractivity contribution in [2.45, 2.75) is 57.8 Å². The Hall–Kier alpha value is -1.85. The molecule has 0 aliphatic heterocycles. The molecule has 0 bridgehead atoms. The highest BCUT2D eigenvalue weighted by Crippen LogP contribution is 2.43. The van der Waals surface area contributed by atoms with Crippen molar-refractivity contribution in [1.82, 2.24) is 0 Å². The molecule has 0 N–H and O–H groups in total. The van der Waals surface area contributed by atoms with E-state index in [4.69, 9.17) is 14.2 Å². The van der Waals surface area contributed by atoms with Crippen LogP contribution in [0.2, 0.25) is 0 Å². The van der Waals surface area contributed by atoms with E-state index in [2.05, 4.69) is 6.08 Å². The molecule has 26 heavy (non-hydrogen) atoms. The van der Waals surface area contributed by atoms with Gasteiger partial charge in [0.25, 0.3) is 0 Å². The van der Waals surface area contributed by atoms with Gasteiger partial charge in [0, 0.05) is 0 Å². The molecule has 2 rings (SSSR count). The summed E-state index contributed by atoms with van der Waals surface area (Å²) in [4.78, 5) is 37.3. The Bertz CT molecular complexity index is 543. The summed E-state index contributed by atoms with van der Waals surface area (Å²) in [6.45, 7) is 0. The van der Waals surface area contributed by atoms with Gasteiger partial charge >= 0.3 is 17.9 Å². The van der Waals surface area contributed by atoms with Crippen LogP contribution in [-0.4, -0.2) is 39.2 Å². The van der Waals surface area contributed by atoms with Crippen LogP contribution in [0, 0.1) is 17.3 Å². The van der Waals surface area contributed by atoms with Crippen molar-refractivity contribution in [3.8, 4) is 0 Å². The van der Waals surface area contributed by atoms with Crippen molar-refractivity contribution >= 4 is 17.9 Å². The van der Waals surface area contributed by atoms with Crippen molar-refractivity contribution in [1.29, 1.82) is 0 Å². The van der Waals surface area contributed by atoms with Gasteiger partial charge < -0.3 is 14.2 Å². The summed E-state index contributed by atoms with van der Waals surface area (Å²) in [6.07, 6.45) is 9.38. The number of ether oxygens (including phenoxy) is 3. The van der Waals surface area contributed by atoms with Gasteiger partial charge in [-0.1, -0.05) is 30.9 Å². The summed E-state index contributed by atoms with van der Waals surface area (Å²) in [7, 11) is 3.92. The Morgan fingerprint density at radius 2 is 1.54 bits per heavy atom. The number of methoxy groups -OCH3 is 3. The lowest BCUT2D eigenvalue weighted by molar-refractivity contribution is -0.170. The number of carbonyl (C=O) groups is 3. The molecular formula is C20H30O6. The fourth-order valence-electron chi connectivity index (χ4n) is 4.34. The third kappa shape index (κ3) is 4.46. The number of carbonyl (C=O) groups excluding carboxylic acids is 3. The number of hydrogen-bond donors (Lipinski definition) is 0. The molecule has 2 saturated carbocycles. The molecule has 0 heterocycles. The van der Waals surface area contributed by atoms with Crippen LogP contribution < -0.4 is 0 Å². The first kappa shape index (κ1) is 20.5. The zero-order valence-electron chi connectivity index (χ0n) is 16.0. The molecule has 1 atom stereocenters. The van der Waals surface area contributed by atoms with Crippen LogP contribution in [0.3, 0.4) is 0 Å². The van der Waals surface area contributed by atoms with E-state index in [1.807, 2.05) is 0 Å². The fraction of sp³-hybridized carbons (Fsp3) is 0.750. The van der Waals surface area contributed by atoms with Crippen LogP contribution >= 0.6 is 0 Å². The Morgan fingerprint density at radius 3 is 2.08 bits per heavy atom. The van der Waals surface area contributed by atoms with Gasteiger partial charge in [-0.05, 0) is 44.4 Å². The van der Waals surface area contributed by atoms with Gasteiger partial charge in [0.05, 0.1) is 27.2 Å². The van der Waals surface area contributed by atoms with E-state index in [-0.39, 0.29) is 24.7 Å². The van der Waals surface area contributed by atoms with E-state index in [0.29, 0.717) is 18.8 Å². The normalized spacial score (nSPS) is 25.2. The molecule has 0 saturated heterocycles. The molecule has 2 aliphatic carbocycles. The van der Waals surface area contributed by atoms with Gasteiger partial charge in [-0.2, -0.15) is 0 Å². The third-order valence-electron chi connectivity index (χ3n) is 5.77. The minimum Gasteiger partial charge on any atom is -0.469 e. The van der Waals surface area contributed by atoms with Crippen LogP contribution in [-0.2, 0) is 28.6 Å². The zero-order valence-corrected chi connectivity index (χ0v) is 16.0. The molecule has 0 spiro atoms. The molecule has 6 heteroatoms. The molecule has 0 radical (unpaired) electrons. The second-order valence-corrected chi connectivity index (χ2v) is 7.43. The van der Waals surface area contributed by atoms with E-state index in [0.717, 1.165) is 18.4 Å². The van der Waals surface area contributed by atoms with Gasteiger partial charge in [-0.25, -0.2) is 0 Å². The van der Waals surface area contributed by atoms with Crippen LogP contribution in [0.25, 0.3) is 0 Å². The smallest absolute Gasteiger partial charge is 0.323 e. The predicted octanol–water partition coefficient (Wildman–Crippen LogP) is 3.19. The molecule has 1 unspecified atom stereocenters. The van der Waals surface area contributed by atoms with Gasteiger partial charge in [0.2, 0.25) is 0 Å². The topological polar surface area (TPSA) is 78.9 Å². The zero-order chi connectivity index (χ0) is 19.2. The highest BCUT2D eigenvalue weighted by molar-refractivity contribution is 6.00. The first-order valence-corrected chi connectivity index (χ1v) is 9.41. The van der Waals surface area contributed by atoms with Crippen LogP contribution in [0.1, 0.15) is 57.8 Å². The van der Waals surface area contributed by atoms with E-state index in [9.17, 15) is 14.4 Å². The van der Waals surface area contributed by atoms with Gasteiger partial charge in [-0.15, -0.1) is 0 Å². The van der Waals surface area contributed by atoms with E-state index in [1.54, 1.807) is 0 Å². The van der Waals surface area contributed by atoms with Gasteiger partial charge in [0.1, 0.15) is 0 Å². The summed E-state index contributed by atoms with van der Waals surface area (Å²) < 4.78 is 14.8. The molecule has 2 aliphatic rings. The minimum atomic E-state index is -1.38. The largest absolute Gasteiger partial charge is 0.469 e. The summed E-state index contributed by atoms with van der Waals surface area (Å²) in [6, 6.07) is 0. The SMILES string of the molecule is COC(=O)C1CCC(C(=O)OC)(C(=O)OC)C/C(=C/C2CCCCC2)C1. The standard InChI is InChI=1S/C20H30O6/c1-24-17(21)16-9-10-20(18(22)25-2,19(23)26-3)13-15(12-16)11-14-7-5-4-6-8-14/h11,14,16H,4-10,12-13H2,1-3H3/b15-11+. The van der Waals surface area contributed by atoms with Crippen molar-refractivity contribution in [3.63, 3.8) is 0 Å². The van der Waals surface area contributed by atoms with E-state index < -0.39 is 17.4 Å². The maximum absolute atomic E-state index is 12.6. The van der Waals surface area contributed by atoms with Crippen LogP contribution in [0.5, 0.6) is 0 Å². The summed E-state index contributed by atoms with van der Waals surface area (Å²) >= 11 is 0. The van der Waals surface area contributed by atoms with Gasteiger partial charge in [-0.3, -0.25) is 14.4 Å². The first-order chi connectivity index (χ1) is 12.5. The predicted molar refractivity (Wildman–Crippen MR) is 95.1 cm³/mol. The molecule has 0 amide bonds. The Labute approximate surface area is 155 Å². The maximum Gasteiger partial charge on any atom is 0.323 e. The van der Waals surface area contributed by atoms with Crippen LogP contribution in [0.4, 0.5) is 0 Å². The minimum absolute atomic E-state index is 0.216. The van der Waals surface area contributed by atoms with Crippen molar-refractivity contribution in [2.75, 3.05) is 21.3 Å². The Kier molecular flexibility index (Phi) is 7.23. The average Bonchev–Trinajstić information content (AvgIpc) is 2.87. The molecule has 0 aromatic heterocycles. The quantitative estimate of drug-likeness (QED) is 0.250. The monoisotopic (exact) mass is 366 g/mol. The van der Waals surface area contributed by atoms with Crippen molar-refractivity contribution < 1.29 is 28.6 Å². The molecule has 6 nitrogen and oxygen atoms in total. The lowest BCUT2D eigenvalue weighted by Gasteiger charge is -2.28. The molecule has 146 valence electrons. The number of rotatable bonds is 4. The molecular weight excluding hydrogens is 336 g/mol. The third-order valence-corrected chi connectivity index (χ3v) is 5.77. The molecule has 0 aromatic rings. The lowest BCUT2D eigenvalue weighted by atomic mass is 9.78. The number of hydrogen-bond acceptors (Lipinski definition) is 6. The van der Waals surface area contributed by atoms with E-state index in [1.165, 1.54) is 40.6 Å². The first-order valence-electron chi connectivity index (χ1n) is 9.41. The highest BCUT2D eigenvalue weighted by atomic mass is 16.5. The number of allylic oxidation sites excluding steroid dienone is 2. The second-order valence-electron chi connectivity index (χ2n) is 7.43. The van der Waals surface area contributed by atoms with Crippen LogP contribution in [0.15, 0.2) is 11.6 Å². The Morgan fingerprint density at radius 1 is 0.923 bits per heavy atom. The van der Waals surface area contributed by atoms with Crippen molar-refractivity contribution in [2.24, 2.45) is 17.3 Å².